The third kappa shape index (κ3) is 2.62. The molecule has 1 aliphatic rings. The van der Waals surface area contributed by atoms with Crippen molar-refractivity contribution in [2.24, 2.45) is 0 Å². The molecule has 0 saturated heterocycles. The molecule has 1 N–H and O–H groups in total. The average molecular weight is 323 g/mol. The van der Waals surface area contributed by atoms with E-state index >= 15 is 0 Å². The molecule has 20 heavy (non-hydrogen) atoms. The van der Waals surface area contributed by atoms with Crippen LogP contribution < -0.4 is 10.2 Å². The van der Waals surface area contributed by atoms with Gasteiger partial charge in [0.05, 0.1) is 10.7 Å². The molecule has 0 saturated carbocycles. The highest BCUT2D eigenvalue weighted by molar-refractivity contribution is 7.80. The van der Waals surface area contributed by atoms with E-state index in [1.807, 2.05) is 12.1 Å². The lowest BCUT2D eigenvalue weighted by atomic mass is 10.2. The number of hydrogen-bond donors (Lipinski definition) is 1. The zero-order valence-corrected chi connectivity index (χ0v) is 12.9. The highest BCUT2D eigenvalue weighted by atomic mass is 35.5. The van der Waals surface area contributed by atoms with E-state index in [2.05, 4.69) is 28.4 Å². The Morgan fingerprint density at radius 1 is 1.15 bits per heavy atom. The molecule has 1 heterocycles. The largest absolute Gasteiger partial charge is 0.331 e. The van der Waals surface area contributed by atoms with E-state index in [1.165, 1.54) is 5.56 Å². The summed E-state index contributed by atoms with van der Waals surface area (Å²) in [6, 6.07) is 13.6. The molecule has 3 rings (SSSR count). The molecule has 0 fully saturated rings. The van der Waals surface area contributed by atoms with Crippen molar-refractivity contribution in [1.82, 2.24) is 0 Å². The maximum atomic E-state index is 6.16. The third-order valence-electron chi connectivity index (χ3n) is 3.31. The fourth-order valence-corrected chi connectivity index (χ4v) is 3.08. The van der Waals surface area contributed by atoms with Crippen LogP contribution in [0.3, 0.4) is 0 Å². The van der Waals surface area contributed by atoms with Crippen LogP contribution >= 0.6 is 35.4 Å². The molecule has 5 heteroatoms. The van der Waals surface area contributed by atoms with E-state index in [4.69, 9.17) is 35.4 Å². The number of thiocarbonyl (C=S) groups is 1. The first-order valence-electron chi connectivity index (χ1n) is 6.26. The summed E-state index contributed by atoms with van der Waals surface area (Å²) in [5, 5.41) is 5.01. The minimum absolute atomic E-state index is 0.562. The molecule has 2 nitrogen and oxygen atoms in total. The standard InChI is InChI=1S/C15H12Cl2N2S/c16-11-5-6-13(12(17)9-11)18-15(20)19-8-7-10-3-1-2-4-14(10)19/h1-6,9H,7-8H2,(H,18,20). The number of halogens is 2. The van der Waals surface area contributed by atoms with Gasteiger partial charge in [0.2, 0.25) is 0 Å². The molecule has 0 unspecified atom stereocenters. The van der Waals surface area contributed by atoms with Crippen LogP contribution in [0.2, 0.25) is 10.0 Å². The predicted molar refractivity (Wildman–Crippen MR) is 90.2 cm³/mol. The first-order valence-corrected chi connectivity index (χ1v) is 7.43. The third-order valence-corrected chi connectivity index (χ3v) is 4.18. The molecule has 102 valence electrons. The first-order chi connectivity index (χ1) is 9.65. The topological polar surface area (TPSA) is 15.3 Å². The molecule has 0 radical (unpaired) electrons. The van der Waals surface area contributed by atoms with E-state index in [0.717, 1.165) is 24.3 Å². The van der Waals surface area contributed by atoms with Crippen LogP contribution in [-0.2, 0) is 6.42 Å². The van der Waals surface area contributed by atoms with Crippen LogP contribution in [0, 0.1) is 0 Å². The van der Waals surface area contributed by atoms with Gasteiger partial charge in [-0.25, -0.2) is 0 Å². The summed E-state index contributed by atoms with van der Waals surface area (Å²) >= 11 is 17.5. The molecule has 0 bridgehead atoms. The monoisotopic (exact) mass is 322 g/mol. The highest BCUT2D eigenvalue weighted by Crippen LogP contribution is 2.30. The van der Waals surface area contributed by atoms with Gasteiger partial charge in [0.1, 0.15) is 0 Å². The summed E-state index contributed by atoms with van der Waals surface area (Å²) in [5.74, 6) is 0. The van der Waals surface area contributed by atoms with Crippen molar-refractivity contribution in [1.29, 1.82) is 0 Å². The summed E-state index contributed by atoms with van der Waals surface area (Å²) in [4.78, 5) is 2.09. The second-order valence-corrected chi connectivity index (χ2v) is 5.82. The van der Waals surface area contributed by atoms with E-state index in [0.29, 0.717) is 15.2 Å². The number of nitrogens with zero attached hydrogens (tertiary/aromatic N) is 1. The summed E-state index contributed by atoms with van der Waals surface area (Å²) in [5.41, 5.74) is 3.25. The lowest BCUT2D eigenvalue weighted by Gasteiger charge is -2.21. The average Bonchev–Trinajstić information content (AvgIpc) is 2.86. The van der Waals surface area contributed by atoms with Crippen molar-refractivity contribution in [3.8, 4) is 0 Å². The van der Waals surface area contributed by atoms with Crippen molar-refractivity contribution in [2.75, 3.05) is 16.8 Å². The van der Waals surface area contributed by atoms with Crippen LogP contribution in [0.5, 0.6) is 0 Å². The smallest absolute Gasteiger partial charge is 0.178 e. The molecule has 1 aliphatic heterocycles. The van der Waals surface area contributed by atoms with Gasteiger partial charge in [-0.05, 0) is 48.5 Å². The lowest BCUT2D eigenvalue weighted by molar-refractivity contribution is 1.03. The Morgan fingerprint density at radius 3 is 2.75 bits per heavy atom. The molecule has 0 spiro atoms. The molecule has 0 amide bonds. The van der Waals surface area contributed by atoms with Gasteiger partial charge in [-0.15, -0.1) is 0 Å². The van der Waals surface area contributed by atoms with Crippen LogP contribution in [0.15, 0.2) is 42.5 Å². The van der Waals surface area contributed by atoms with E-state index in [-0.39, 0.29) is 0 Å². The van der Waals surface area contributed by atoms with Gasteiger partial charge >= 0.3 is 0 Å². The van der Waals surface area contributed by atoms with Gasteiger partial charge in [-0.3, -0.25) is 0 Å². The van der Waals surface area contributed by atoms with Crippen molar-refractivity contribution in [3.63, 3.8) is 0 Å². The fourth-order valence-electron chi connectivity index (χ4n) is 2.32. The lowest BCUT2D eigenvalue weighted by Crippen LogP contribution is -2.33. The van der Waals surface area contributed by atoms with Crippen LogP contribution in [0.1, 0.15) is 5.56 Å². The summed E-state index contributed by atoms with van der Waals surface area (Å²) in [6.07, 6.45) is 1.01. The van der Waals surface area contributed by atoms with Crippen molar-refractivity contribution >= 4 is 51.9 Å². The van der Waals surface area contributed by atoms with Gasteiger partial charge in [-0.2, -0.15) is 0 Å². The van der Waals surface area contributed by atoms with E-state index in [1.54, 1.807) is 12.1 Å². The second-order valence-electron chi connectivity index (χ2n) is 4.58. The van der Waals surface area contributed by atoms with E-state index in [9.17, 15) is 0 Å². The maximum absolute atomic E-state index is 6.16. The Hall–Kier alpha value is -1.29. The van der Waals surface area contributed by atoms with Gasteiger partial charge in [0.15, 0.2) is 5.11 Å². The number of hydrogen-bond acceptors (Lipinski definition) is 1. The van der Waals surface area contributed by atoms with Gasteiger partial charge in [0, 0.05) is 17.3 Å². The second kappa shape index (κ2) is 5.60. The van der Waals surface area contributed by atoms with Gasteiger partial charge in [-0.1, -0.05) is 41.4 Å². The molecule has 0 atom stereocenters. The van der Waals surface area contributed by atoms with Crippen molar-refractivity contribution in [3.05, 3.63) is 58.1 Å². The maximum Gasteiger partial charge on any atom is 0.178 e. The minimum Gasteiger partial charge on any atom is -0.331 e. The SMILES string of the molecule is S=C(Nc1ccc(Cl)cc1Cl)N1CCc2ccccc21. The Labute approximate surface area is 133 Å². The number of rotatable bonds is 1. The zero-order valence-electron chi connectivity index (χ0n) is 10.6. The Balaban J connectivity index is 1.81. The summed E-state index contributed by atoms with van der Waals surface area (Å²) in [7, 11) is 0. The Kier molecular flexibility index (Phi) is 3.83. The van der Waals surface area contributed by atoms with Crippen LogP contribution in [0.25, 0.3) is 0 Å². The normalized spacial score (nSPS) is 13.2. The number of fused-ring (bicyclic) bond motifs is 1. The fraction of sp³-hybridized carbons (Fsp3) is 0.133. The van der Waals surface area contributed by atoms with Crippen molar-refractivity contribution < 1.29 is 0 Å². The molecular formula is C15H12Cl2N2S. The van der Waals surface area contributed by atoms with E-state index < -0.39 is 0 Å². The Morgan fingerprint density at radius 2 is 1.95 bits per heavy atom. The van der Waals surface area contributed by atoms with Gasteiger partial charge < -0.3 is 10.2 Å². The minimum atomic E-state index is 0.562. The molecule has 2 aromatic rings. The van der Waals surface area contributed by atoms with Crippen LogP contribution in [-0.4, -0.2) is 11.7 Å². The number of para-hydroxylation sites is 1. The van der Waals surface area contributed by atoms with Crippen molar-refractivity contribution in [2.45, 2.75) is 6.42 Å². The quantitative estimate of drug-likeness (QED) is 0.762. The number of nitrogens with one attached hydrogen (secondary N) is 1. The molecular weight excluding hydrogens is 311 g/mol. The highest BCUT2D eigenvalue weighted by Gasteiger charge is 2.21. The number of benzene rings is 2. The van der Waals surface area contributed by atoms with Crippen LogP contribution in [0.4, 0.5) is 11.4 Å². The zero-order chi connectivity index (χ0) is 14.1. The predicted octanol–water partition coefficient (Wildman–Crippen LogP) is 4.75. The Bertz CT molecular complexity index is 673. The molecule has 2 aromatic carbocycles. The number of anilines is 2. The molecule has 0 aliphatic carbocycles. The summed E-state index contributed by atoms with van der Waals surface area (Å²) in [6.45, 7) is 0.885. The molecule has 0 aromatic heterocycles. The first kappa shape index (κ1) is 13.7. The summed E-state index contributed by atoms with van der Waals surface area (Å²) < 4.78 is 0. The van der Waals surface area contributed by atoms with Gasteiger partial charge in [0.25, 0.3) is 0 Å².